The SMILES string of the molecule is O=C(c1cccc(-n2cnnn2)c1)N1CC[C@H](Oc2ccncn2)C1. The van der Waals surface area contributed by atoms with Crippen molar-refractivity contribution >= 4 is 5.91 Å². The summed E-state index contributed by atoms with van der Waals surface area (Å²) in [4.78, 5) is 22.4. The van der Waals surface area contributed by atoms with Gasteiger partial charge in [0.25, 0.3) is 5.91 Å². The lowest BCUT2D eigenvalue weighted by Crippen LogP contribution is -2.31. The van der Waals surface area contributed by atoms with E-state index in [-0.39, 0.29) is 12.0 Å². The molecule has 9 nitrogen and oxygen atoms in total. The van der Waals surface area contributed by atoms with Crippen LogP contribution in [0.3, 0.4) is 0 Å². The molecule has 9 heteroatoms. The molecule has 126 valence electrons. The van der Waals surface area contributed by atoms with Gasteiger partial charge in [-0.05, 0) is 28.6 Å². The van der Waals surface area contributed by atoms with Gasteiger partial charge in [-0.1, -0.05) is 6.07 Å². The van der Waals surface area contributed by atoms with Gasteiger partial charge in [-0.3, -0.25) is 4.79 Å². The van der Waals surface area contributed by atoms with Gasteiger partial charge in [0.15, 0.2) is 0 Å². The monoisotopic (exact) mass is 337 g/mol. The van der Waals surface area contributed by atoms with Crippen LogP contribution in [0.1, 0.15) is 16.8 Å². The van der Waals surface area contributed by atoms with Crippen molar-refractivity contribution in [1.82, 2.24) is 35.1 Å². The molecule has 1 fully saturated rings. The Morgan fingerprint density at radius 2 is 2.24 bits per heavy atom. The number of amides is 1. The average molecular weight is 337 g/mol. The molecule has 25 heavy (non-hydrogen) atoms. The number of hydrogen-bond acceptors (Lipinski definition) is 7. The van der Waals surface area contributed by atoms with Crippen molar-refractivity contribution in [3.8, 4) is 11.6 Å². The Labute approximate surface area is 143 Å². The summed E-state index contributed by atoms with van der Waals surface area (Å²) in [5.41, 5.74) is 1.33. The molecule has 0 N–H and O–H groups in total. The van der Waals surface area contributed by atoms with Gasteiger partial charge in [0.2, 0.25) is 5.88 Å². The van der Waals surface area contributed by atoms with Crippen LogP contribution in [0.2, 0.25) is 0 Å². The van der Waals surface area contributed by atoms with E-state index >= 15 is 0 Å². The van der Waals surface area contributed by atoms with E-state index < -0.39 is 0 Å². The summed E-state index contributed by atoms with van der Waals surface area (Å²) in [5.74, 6) is 0.485. The Balaban J connectivity index is 1.44. The number of benzene rings is 1. The van der Waals surface area contributed by atoms with E-state index in [4.69, 9.17) is 4.74 Å². The van der Waals surface area contributed by atoms with Crippen LogP contribution in [0.4, 0.5) is 0 Å². The first kappa shape index (κ1) is 15.2. The minimum Gasteiger partial charge on any atom is -0.472 e. The van der Waals surface area contributed by atoms with Crippen LogP contribution in [0.15, 0.2) is 49.2 Å². The van der Waals surface area contributed by atoms with Crippen LogP contribution in [0, 0.1) is 0 Å². The molecule has 3 aromatic rings. The van der Waals surface area contributed by atoms with E-state index in [0.717, 1.165) is 12.1 Å². The van der Waals surface area contributed by atoms with Crippen molar-refractivity contribution < 1.29 is 9.53 Å². The van der Waals surface area contributed by atoms with Gasteiger partial charge in [0.05, 0.1) is 12.2 Å². The maximum atomic E-state index is 12.8. The number of nitrogens with zero attached hydrogens (tertiary/aromatic N) is 7. The highest BCUT2D eigenvalue weighted by Crippen LogP contribution is 2.19. The second kappa shape index (κ2) is 6.63. The van der Waals surface area contributed by atoms with Crippen molar-refractivity contribution in [2.45, 2.75) is 12.5 Å². The molecule has 0 unspecified atom stereocenters. The second-order valence-electron chi connectivity index (χ2n) is 5.63. The van der Waals surface area contributed by atoms with E-state index in [0.29, 0.717) is 24.5 Å². The van der Waals surface area contributed by atoms with Gasteiger partial charge in [0.1, 0.15) is 18.8 Å². The number of carbonyl (C=O) groups excluding carboxylic acids is 1. The van der Waals surface area contributed by atoms with Crippen molar-refractivity contribution in [1.29, 1.82) is 0 Å². The fourth-order valence-corrected chi connectivity index (χ4v) is 2.77. The third-order valence-electron chi connectivity index (χ3n) is 3.98. The zero-order valence-corrected chi connectivity index (χ0v) is 13.3. The largest absolute Gasteiger partial charge is 0.472 e. The molecule has 1 atom stereocenters. The molecule has 1 aliphatic heterocycles. The molecule has 3 heterocycles. The maximum Gasteiger partial charge on any atom is 0.254 e. The summed E-state index contributed by atoms with van der Waals surface area (Å²) >= 11 is 0. The molecular formula is C16H15N7O2. The fraction of sp³-hybridized carbons (Fsp3) is 0.250. The van der Waals surface area contributed by atoms with Crippen molar-refractivity contribution in [2.75, 3.05) is 13.1 Å². The molecule has 1 amide bonds. The highest BCUT2D eigenvalue weighted by atomic mass is 16.5. The summed E-state index contributed by atoms with van der Waals surface area (Å²) in [7, 11) is 0. The Bertz CT molecular complexity index is 854. The highest BCUT2D eigenvalue weighted by molar-refractivity contribution is 5.95. The maximum absolute atomic E-state index is 12.8. The number of tetrazole rings is 1. The molecule has 0 bridgehead atoms. The zero-order chi connectivity index (χ0) is 17.1. The summed E-state index contributed by atoms with van der Waals surface area (Å²) in [6.45, 7) is 1.17. The Hall–Kier alpha value is -3.36. The van der Waals surface area contributed by atoms with Gasteiger partial charge in [-0.25, -0.2) is 14.6 Å². The lowest BCUT2D eigenvalue weighted by molar-refractivity contribution is 0.0771. The summed E-state index contributed by atoms with van der Waals surface area (Å²) < 4.78 is 7.31. The Morgan fingerprint density at radius 1 is 1.28 bits per heavy atom. The molecule has 4 rings (SSSR count). The average Bonchev–Trinajstić information content (AvgIpc) is 3.34. The third-order valence-corrected chi connectivity index (χ3v) is 3.98. The predicted octanol–water partition coefficient (Wildman–Crippen LogP) is 0.746. The second-order valence-corrected chi connectivity index (χ2v) is 5.63. The lowest BCUT2D eigenvalue weighted by atomic mass is 10.2. The molecule has 1 saturated heterocycles. The van der Waals surface area contributed by atoms with Crippen LogP contribution < -0.4 is 4.74 Å². The van der Waals surface area contributed by atoms with Gasteiger partial charge >= 0.3 is 0 Å². The number of rotatable bonds is 4. The minimum atomic E-state index is -0.0680. The van der Waals surface area contributed by atoms with Crippen LogP contribution in [0.25, 0.3) is 5.69 Å². The van der Waals surface area contributed by atoms with Crippen LogP contribution >= 0.6 is 0 Å². The molecule has 2 aromatic heterocycles. The third kappa shape index (κ3) is 3.30. The number of carbonyl (C=O) groups is 1. The predicted molar refractivity (Wildman–Crippen MR) is 86.1 cm³/mol. The standard InChI is InChI=1S/C16H15N7O2/c24-16(12-2-1-3-13(8-12)23-11-19-20-21-23)22-7-5-14(9-22)25-15-4-6-17-10-18-15/h1-4,6,8,10-11,14H,5,7,9H2/t14-/m0/s1. The summed E-state index contributed by atoms with van der Waals surface area (Å²) in [6.07, 6.45) is 5.26. The first-order valence-corrected chi connectivity index (χ1v) is 7.85. The smallest absolute Gasteiger partial charge is 0.254 e. The number of likely N-dealkylation sites (tertiary alicyclic amines) is 1. The molecule has 0 aliphatic carbocycles. The van der Waals surface area contributed by atoms with Crippen LogP contribution in [-0.2, 0) is 0 Å². The van der Waals surface area contributed by atoms with E-state index in [1.165, 1.54) is 17.3 Å². The number of aromatic nitrogens is 6. The van der Waals surface area contributed by atoms with Crippen LogP contribution in [-0.4, -0.2) is 60.2 Å². The molecule has 0 saturated carbocycles. The summed E-state index contributed by atoms with van der Waals surface area (Å²) in [6, 6.07) is 8.93. The molecular weight excluding hydrogens is 322 g/mol. The van der Waals surface area contributed by atoms with Crippen LogP contribution in [0.5, 0.6) is 5.88 Å². The van der Waals surface area contributed by atoms with E-state index in [9.17, 15) is 4.79 Å². The lowest BCUT2D eigenvalue weighted by Gasteiger charge is -2.17. The van der Waals surface area contributed by atoms with Gasteiger partial charge < -0.3 is 9.64 Å². The molecule has 0 radical (unpaired) electrons. The van der Waals surface area contributed by atoms with Crippen molar-refractivity contribution in [3.63, 3.8) is 0 Å². The fourth-order valence-electron chi connectivity index (χ4n) is 2.77. The van der Waals surface area contributed by atoms with Gasteiger partial charge in [-0.15, -0.1) is 5.10 Å². The van der Waals surface area contributed by atoms with Crippen molar-refractivity contribution in [3.05, 3.63) is 54.7 Å². The Kier molecular flexibility index (Phi) is 4.03. The van der Waals surface area contributed by atoms with Crippen molar-refractivity contribution in [2.24, 2.45) is 0 Å². The molecule has 1 aliphatic rings. The minimum absolute atomic E-state index is 0.0382. The molecule has 0 spiro atoms. The molecule has 1 aromatic carbocycles. The first-order valence-electron chi connectivity index (χ1n) is 7.85. The Morgan fingerprint density at radius 3 is 3.04 bits per heavy atom. The normalized spacial score (nSPS) is 16.8. The quantitative estimate of drug-likeness (QED) is 0.692. The van der Waals surface area contributed by atoms with E-state index in [1.54, 1.807) is 29.3 Å². The van der Waals surface area contributed by atoms with Gasteiger partial charge in [0, 0.05) is 30.8 Å². The topological polar surface area (TPSA) is 98.9 Å². The summed E-state index contributed by atoms with van der Waals surface area (Å²) in [5, 5.41) is 11.1. The number of hydrogen-bond donors (Lipinski definition) is 0. The zero-order valence-electron chi connectivity index (χ0n) is 13.3. The van der Waals surface area contributed by atoms with E-state index in [1.807, 2.05) is 12.1 Å². The highest BCUT2D eigenvalue weighted by Gasteiger charge is 2.28. The number of ether oxygens (including phenoxy) is 1. The van der Waals surface area contributed by atoms with Gasteiger partial charge in [-0.2, -0.15) is 0 Å². The first-order chi connectivity index (χ1) is 12.3. The van der Waals surface area contributed by atoms with E-state index in [2.05, 4.69) is 25.5 Å².